The highest BCUT2D eigenvalue weighted by Gasteiger charge is 2.14. The van der Waals surface area contributed by atoms with Crippen molar-refractivity contribution in [2.45, 2.75) is 5.75 Å². The predicted octanol–water partition coefficient (Wildman–Crippen LogP) is 4.89. The highest BCUT2D eigenvalue weighted by Crippen LogP contribution is 2.40. The summed E-state index contributed by atoms with van der Waals surface area (Å²) in [6, 6.07) is 8.68. The van der Waals surface area contributed by atoms with Crippen molar-refractivity contribution >= 4 is 46.6 Å². The van der Waals surface area contributed by atoms with Gasteiger partial charge in [-0.1, -0.05) is 29.3 Å². The van der Waals surface area contributed by atoms with Crippen molar-refractivity contribution in [2.75, 3.05) is 32.4 Å². The van der Waals surface area contributed by atoms with Gasteiger partial charge in [0.05, 0.1) is 27.1 Å². The third-order valence-electron chi connectivity index (χ3n) is 3.45. The molecule has 0 atom stereocenters. The summed E-state index contributed by atoms with van der Waals surface area (Å²) in [4.78, 5) is 12.2. The summed E-state index contributed by atoms with van der Waals surface area (Å²) in [5.41, 5.74) is 1.50. The van der Waals surface area contributed by atoms with Crippen LogP contribution in [0.4, 0.5) is 5.69 Å². The number of benzene rings is 2. The molecule has 0 aliphatic carbocycles. The Morgan fingerprint density at radius 2 is 1.69 bits per heavy atom. The molecule has 0 aliphatic heterocycles. The number of nitrogens with one attached hydrogen (secondary N) is 1. The Bertz CT molecular complexity index is 761. The highest BCUT2D eigenvalue weighted by atomic mass is 35.5. The third kappa shape index (κ3) is 5.37. The van der Waals surface area contributed by atoms with Gasteiger partial charge in [-0.05, 0) is 17.7 Å². The number of amides is 1. The summed E-state index contributed by atoms with van der Waals surface area (Å²) in [6.45, 7) is 0. The maximum atomic E-state index is 12.2. The van der Waals surface area contributed by atoms with Crippen molar-refractivity contribution in [3.63, 3.8) is 0 Å². The number of hydrogen-bond acceptors (Lipinski definition) is 5. The Hall–Kier alpha value is -1.76. The smallest absolute Gasteiger partial charge is 0.234 e. The first-order chi connectivity index (χ1) is 12.5. The summed E-state index contributed by atoms with van der Waals surface area (Å²) >= 11 is 13.5. The molecule has 1 N–H and O–H groups in total. The van der Waals surface area contributed by atoms with Crippen molar-refractivity contribution in [2.24, 2.45) is 0 Å². The Kier molecular flexibility index (Phi) is 7.75. The minimum absolute atomic E-state index is 0.144. The summed E-state index contributed by atoms with van der Waals surface area (Å²) in [6.07, 6.45) is 0. The second kappa shape index (κ2) is 9.80. The summed E-state index contributed by atoms with van der Waals surface area (Å²) in [5, 5.41) is 4.00. The first kappa shape index (κ1) is 20.6. The standard InChI is InChI=1S/C18H19Cl2NO4S/c1-23-15-7-13(8-16(24-2)18(15)25-3)21-17(22)10-26-9-11-4-5-12(19)6-14(11)20/h4-8H,9-10H2,1-3H3,(H,21,22). The van der Waals surface area contributed by atoms with Crippen molar-refractivity contribution in [3.8, 4) is 17.2 Å². The molecule has 2 rings (SSSR count). The van der Waals surface area contributed by atoms with Gasteiger partial charge in [-0.15, -0.1) is 11.8 Å². The molecule has 8 heteroatoms. The molecule has 0 radical (unpaired) electrons. The molecule has 0 unspecified atom stereocenters. The quantitative estimate of drug-likeness (QED) is 0.664. The zero-order valence-electron chi connectivity index (χ0n) is 14.6. The van der Waals surface area contributed by atoms with Gasteiger partial charge in [0.2, 0.25) is 11.7 Å². The summed E-state index contributed by atoms with van der Waals surface area (Å²) in [7, 11) is 4.57. The van der Waals surface area contributed by atoms with E-state index in [0.29, 0.717) is 38.7 Å². The van der Waals surface area contributed by atoms with E-state index in [-0.39, 0.29) is 11.7 Å². The van der Waals surface area contributed by atoms with E-state index in [9.17, 15) is 4.79 Å². The summed E-state index contributed by atoms with van der Waals surface area (Å²) < 4.78 is 15.8. The zero-order chi connectivity index (χ0) is 19.1. The Balaban J connectivity index is 1.97. The van der Waals surface area contributed by atoms with Gasteiger partial charge < -0.3 is 19.5 Å². The van der Waals surface area contributed by atoms with E-state index >= 15 is 0 Å². The van der Waals surface area contributed by atoms with Gasteiger partial charge in [0, 0.05) is 33.6 Å². The molecule has 0 saturated heterocycles. The molecule has 1 amide bonds. The van der Waals surface area contributed by atoms with Crippen LogP contribution in [-0.4, -0.2) is 33.0 Å². The molecule has 140 valence electrons. The Morgan fingerprint density at radius 3 is 2.23 bits per heavy atom. The molecule has 26 heavy (non-hydrogen) atoms. The molecule has 0 bridgehead atoms. The molecule has 0 aliphatic rings. The lowest BCUT2D eigenvalue weighted by atomic mass is 10.2. The van der Waals surface area contributed by atoms with E-state index < -0.39 is 0 Å². The predicted molar refractivity (Wildman–Crippen MR) is 107 cm³/mol. The van der Waals surface area contributed by atoms with Crippen LogP contribution in [0.5, 0.6) is 17.2 Å². The van der Waals surface area contributed by atoms with Crippen LogP contribution in [0.25, 0.3) is 0 Å². The van der Waals surface area contributed by atoms with Crippen LogP contribution in [-0.2, 0) is 10.5 Å². The number of hydrogen-bond donors (Lipinski definition) is 1. The average Bonchev–Trinajstić information content (AvgIpc) is 2.62. The molecule has 0 fully saturated rings. The van der Waals surface area contributed by atoms with Crippen LogP contribution in [0.15, 0.2) is 30.3 Å². The van der Waals surface area contributed by atoms with Gasteiger partial charge in [-0.2, -0.15) is 0 Å². The third-order valence-corrected chi connectivity index (χ3v) is 5.02. The van der Waals surface area contributed by atoms with Crippen molar-refractivity contribution in [3.05, 3.63) is 45.9 Å². The van der Waals surface area contributed by atoms with E-state index in [0.717, 1.165) is 5.56 Å². The van der Waals surface area contributed by atoms with Crippen LogP contribution < -0.4 is 19.5 Å². The van der Waals surface area contributed by atoms with Gasteiger partial charge in [0.1, 0.15) is 0 Å². The van der Waals surface area contributed by atoms with Crippen LogP contribution in [0.3, 0.4) is 0 Å². The van der Waals surface area contributed by atoms with Crippen LogP contribution in [0.1, 0.15) is 5.56 Å². The fraction of sp³-hybridized carbons (Fsp3) is 0.278. The first-order valence-electron chi connectivity index (χ1n) is 7.60. The van der Waals surface area contributed by atoms with E-state index in [2.05, 4.69) is 5.32 Å². The maximum absolute atomic E-state index is 12.2. The number of carbonyl (C=O) groups excluding carboxylic acids is 1. The summed E-state index contributed by atoms with van der Waals surface area (Å²) in [5.74, 6) is 2.16. The maximum Gasteiger partial charge on any atom is 0.234 e. The number of thioether (sulfide) groups is 1. The topological polar surface area (TPSA) is 56.8 Å². The molecular weight excluding hydrogens is 397 g/mol. The lowest BCUT2D eigenvalue weighted by Gasteiger charge is -2.14. The average molecular weight is 416 g/mol. The molecule has 0 saturated carbocycles. The number of ether oxygens (including phenoxy) is 3. The van der Waals surface area contributed by atoms with Gasteiger partial charge in [-0.3, -0.25) is 4.79 Å². The Morgan fingerprint density at radius 1 is 1.04 bits per heavy atom. The zero-order valence-corrected chi connectivity index (χ0v) is 16.9. The van der Waals surface area contributed by atoms with Crippen molar-refractivity contribution < 1.29 is 19.0 Å². The lowest BCUT2D eigenvalue weighted by molar-refractivity contribution is -0.113. The number of carbonyl (C=O) groups is 1. The largest absolute Gasteiger partial charge is 0.493 e. The van der Waals surface area contributed by atoms with Gasteiger partial charge in [-0.25, -0.2) is 0 Å². The molecule has 5 nitrogen and oxygen atoms in total. The number of halogens is 2. The van der Waals surface area contributed by atoms with E-state index in [4.69, 9.17) is 37.4 Å². The minimum Gasteiger partial charge on any atom is -0.493 e. The van der Waals surface area contributed by atoms with E-state index in [1.807, 2.05) is 6.07 Å². The van der Waals surface area contributed by atoms with Gasteiger partial charge in [0.15, 0.2) is 11.5 Å². The molecular formula is C18H19Cl2NO4S. The molecule has 2 aromatic rings. The molecule has 2 aromatic carbocycles. The minimum atomic E-state index is -0.144. The van der Waals surface area contributed by atoms with Crippen molar-refractivity contribution in [1.29, 1.82) is 0 Å². The monoisotopic (exact) mass is 415 g/mol. The second-order valence-corrected chi connectivity index (χ2v) is 7.02. The van der Waals surface area contributed by atoms with Crippen LogP contribution >= 0.6 is 35.0 Å². The number of anilines is 1. The lowest BCUT2D eigenvalue weighted by Crippen LogP contribution is -2.14. The normalized spacial score (nSPS) is 10.3. The molecule has 0 heterocycles. The first-order valence-corrected chi connectivity index (χ1v) is 9.51. The number of methoxy groups -OCH3 is 3. The highest BCUT2D eigenvalue weighted by molar-refractivity contribution is 7.99. The second-order valence-electron chi connectivity index (χ2n) is 5.19. The van der Waals surface area contributed by atoms with Crippen LogP contribution in [0, 0.1) is 0 Å². The fourth-order valence-corrected chi connectivity index (χ4v) is 3.63. The van der Waals surface area contributed by atoms with E-state index in [1.165, 1.54) is 33.1 Å². The fourth-order valence-electron chi connectivity index (χ4n) is 2.24. The van der Waals surface area contributed by atoms with Gasteiger partial charge >= 0.3 is 0 Å². The van der Waals surface area contributed by atoms with Crippen molar-refractivity contribution in [1.82, 2.24) is 0 Å². The van der Waals surface area contributed by atoms with Gasteiger partial charge in [0.25, 0.3) is 0 Å². The van der Waals surface area contributed by atoms with Crippen LogP contribution in [0.2, 0.25) is 10.0 Å². The number of rotatable bonds is 8. The molecule has 0 spiro atoms. The molecule has 0 aromatic heterocycles. The van der Waals surface area contributed by atoms with E-state index in [1.54, 1.807) is 24.3 Å². The Labute approximate surface area is 166 Å². The SMILES string of the molecule is COc1cc(NC(=O)CSCc2ccc(Cl)cc2Cl)cc(OC)c1OC.